The Balaban J connectivity index is 1.79. The average molecular weight is 237 g/mol. The van der Waals surface area contributed by atoms with Crippen molar-refractivity contribution in [1.82, 2.24) is 4.90 Å². The van der Waals surface area contributed by atoms with Gasteiger partial charge >= 0.3 is 0 Å². The van der Waals surface area contributed by atoms with E-state index in [1.807, 2.05) is 0 Å². The van der Waals surface area contributed by atoms with Gasteiger partial charge in [-0.3, -0.25) is 4.90 Å². The first-order valence-corrected chi connectivity index (χ1v) is 6.67. The maximum Gasteiger partial charge on any atom is 0.0242 e. The first kappa shape index (κ1) is 11.5. The van der Waals surface area contributed by atoms with Crippen LogP contribution in [0.2, 0.25) is 0 Å². The summed E-state index contributed by atoms with van der Waals surface area (Å²) in [6, 6.07) is 20.2. The summed E-state index contributed by atoms with van der Waals surface area (Å²) in [4.78, 5) is 2.57. The van der Waals surface area contributed by atoms with Gasteiger partial charge in [-0.1, -0.05) is 54.6 Å². The molecule has 1 atom stereocenters. The van der Waals surface area contributed by atoms with Crippen LogP contribution in [0.4, 0.5) is 0 Å². The van der Waals surface area contributed by atoms with Gasteiger partial charge in [0.25, 0.3) is 0 Å². The minimum Gasteiger partial charge on any atom is -0.292 e. The smallest absolute Gasteiger partial charge is 0.0242 e. The van der Waals surface area contributed by atoms with Crippen LogP contribution in [-0.2, 0) is 19.5 Å². The molecular formula is C17H19N. The second-order valence-electron chi connectivity index (χ2n) is 5.21. The molecular weight excluding hydrogens is 218 g/mol. The van der Waals surface area contributed by atoms with Gasteiger partial charge in [-0.25, -0.2) is 0 Å². The van der Waals surface area contributed by atoms with Crippen LogP contribution in [0, 0.1) is 0 Å². The third-order valence-electron chi connectivity index (χ3n) is 3.86. The van der Waals surface area contributed by atoms with E-state index in [2.05, 4.69) is 66.4 Å². The molecule has 0 N–H and O–H groups in total. The molecule has 0 amide bonds. The molecule has 18 heavy (non-hydrogen) atoms. The van der Waals surface area contributed by atoms with E-state index in [-0.39, 0.29) is 0 Å². The van der Waals surface area contributed by atoms with Gasteiger partial charge in [0.05, 0.1) is 0 Å². The molecule has 1 heteroatoms. The van der Waals surface area contributed by atoms with E-state index in [9.17, 15) is 0 Å². The molecule has 0 radical (unpaired) electrons. The number of hydrogen-bond donors (Lipinski definition) is 0. The SMILES string of the molecule is C[C@H]1Cc2ccccc2CN1Cc1ccccc1. The highest BCUT2D eigenvalue weighted by molar-refractivity contribution is 5.30. The minimum absolute atomic E-state index is 0.625. The fourth-order valence-electron chi connectivity index (χ4n) is 2.76. The Morgan fingerprint density at radius 1 is 0.944 bits per heavy atom. The Hall–Kier alpha value is -1.60. The average Bonchev–Trinajstić information content (AvgIpc) is 2.41. The predicted molar refractivity (Wildman–Crippen MR) is 75.3 cm³/mol. The molecule has 1 aliphatic rings. The lowest BCUT2D eigenvalue weighted by atomic mass is 9.94. The number of hydrogen-bond acceptors (Lipinski definition) is 1. The summed E-state index contributed by atoms with van der Waals surface area (Å²) in [7, 11) is 0. The Kier molecular flexibility index (Phi) is 3.16. The molecule has 0 unspecified atom stereocenters. The van der Waals surface area contributed by atoms with Crippen molar-refractivity contribution in [1.29, 1.82) is 0 Å². The summed E-state index contributed by atoms with van der Waals surface area (Å²) >= 11 is 0. The van der Waals surface area contributed by atoms with Crippen molar-refractivity contribution in [2.75, 3.05) is 0 Å². The third-order valence-corrected chi connectivity index (χ3v) is 3.86. The molecule has 92 valence electrons. The van der Waals surface area contributed by atoms with Crippen LogP contribution >= 0.6 is 0 Å². The third kappa shape index (κ3) is 2.32. The molecule has 0 bridgehead atoms. The lowest BCUT2D eigenvalue weighted by molar-refractivity contribution is 0.175. The van der Waals surface area contributed by atoms with Crippen molar-refractivity contribution in [3.8, 4) is 0 Å². The Labute approximate surface area is 109 Å². The summed E-state index contributed by atoms with van der Waals surface area (Å²) in [5.41, 5.74) is 4.42. The zero-order chi connectivity index (χ0) is 12.4. The molecule has 1 heterocycles. The molecule has 0 aromatic heterocycles. The van der Waals surface area contributed by atoms with Gasteiger partial charge < -0.3 is 0 Å². The number of benzene rings is 2. The van der Waals surface area contributed by atoms with Crippen LogP contribution in [-0.4, -0.2) is 10.9 Å². The maximum absolute atomic E-state index is 2.57. The van der Waals surface area contributed by atoms with Crippen LogP contribution in [0.3, 0.4) is 0 Å². The molecule has 2 aromatic rings. The standard InChI is InChI=1S/C17H19N/c1-14-11-16-9-5-6-10-17(16)13-18(14)12-15-7-3-2-4-8-15/h2-10,14H,11-13H2,1H3/t14-/m0/s1. The number of rotatable bonds is 2. The van der Waals surface area contributed by atoms with Crippen LogP contribution in [0.1, 0.15) is 23.6 Å². The number of nitrogens with zero attached hydrogens (tertiary/aromatic N) is 1. The zero-order valence-electron chi connectivity index (χ0n) is 10.8. The van der Waals surface area contributed by atoms with E-state index in [0.29, 0.717) is 6.04 Å². The van der Waals surface area contributed by atoms with Gasteiger partial charge in [0.1, 0.15) is 0 Å². The van der Waals surface area contributed by atoms with Gasteiger partial charge in [-0.2, -0.15) is 0 Å². The maximum atomic E-state index is 2.57. The van der Waals surface area contributed by atoms with Crippen LogP contribution in [0.25, 0.3) is 0 Å². The first-order chi connectivity index (χ1) is 8.83. The highest BCUT2D eigenvalue weighted by Crippen LogP contribution is 2.24. The molecule has 3 rings (SSSR count). The topological polar surface area (TPSA) is 3.24 Å². The predicted octanol–water partition coefficient (Wildman–Crippen LogP) is 3.63. The molecule has 1 aliphatic heterocycles. The van der Waals surface area contributed by atoms with Gasteiger partial charge in [-0.05, 0) is 30.0 Å². The van der Waals surface area contributed by atoms with Crippen molar-refractivity contribution < 1.29 is 0 Å². The molecule has 0 saturated carbocycles. The fourth-order valence-corrected chi connectivity index (χ4v) is 2.76. The monoisotopic (exact) mass is 237 g/mol. The van der Waals surface area contributed by atoms with Crippen molar-refractivity contribution in [2.24, 2.45) is 0 Å². The Morgan fingerprint density at radius 2 is 1.61 bits per heavy atom. The van der Waals surface area contributed by atoms with Crippen molar-refractivity contribution >= 4 is 0 Å². The Bertz CT molecular complexity index is 518. The van der Waals surface area contributed by atoms with Crippen LogP contribution < -0.4 is 0 Å². The largest absolute Gasteiger partial charge is 0.292 e. The van der Waals surface area contributed by atoms with E-state index in [0.717, 1.165) is 13.1 Å². The van der Waals surface area contributed by atoms with Gasteiger partial charge in [0.2, 0.25) is 0 Å². The molecule has 2 aromatic carbocycles. The zero-order valence-corrected chi connectivity index (χ0v) is 10.8. The second-order valence-corrected chi connectivity index (χ2v) is 5.21. The highest BCUT2D eigenvalue weighted by atomic mass is 15.2. The van der Waals surface area contributed by atoms with Gasteiger partial charge in [0, 0.05) is 19.1 Å². The molecule has 0 spiro atoms. The Morgan fingerprint density at radius 3 is 2.39 bits per heavy atom. The van der Waals surface area contributed by atoms with Crippen LogP contribution in [0.15, 0.2) is 54.6 Å². The van der Waals surface area contributed by atoms with E-state index >= 15 is 0 Å². The molecule has 0 aliphatic carbocycles. The van der Waals surface area contributed by atoms with E-state index in [1.165, 1.54) is 23.1 Å². The van der Waals surface area contributed by atoms with E-state index in [1.54, 1.807) is 0 Å². The summed E-state index contributed by atoms with van der Waals surface area (Å²) < 4.78 is 0. The molecule has 0 saturated heterocycles. The van der Waals surface area contributed by atoms with Crippen molar-refractivity contribution in [2.45, 2.75) is 32.5 Å². The summed E-state index contributed by atoms with van der Waals surface area (Å²) in [6.45, 7) is 4.46. The van der Waals surface area contributed by atoms with Crippen LogP contribution in [0.5, 0.6) is 0 Å². The van der Waals surface area contributed by atoms with Gasteiger partial charge in [0.15, 0.2) is 0 Å². The lowest BCUT2D eigenvalue weighted by Gasteiger charge is -2.34. The van der Waals surface area contributed by atoms with E-state index < -0.39 is 0 Å². The second kappa shape index (κ2) is 4.95. The normalized spacial score (nSPS) is 19.5. The summed E-state index contributed by atoms with van der Waals surface area (Å²) in [5.74, 6) is 0. The number of fused-ring (bicyclic) bond motifs is 1. The highest BCUT2D eigenvalue weighted by Gasteiger charge is 2.22. The van der Waals surface area contributed by atoms with E-state index in [4.69, 9.17) is 0 Å². The van der Waals surface area contributed by atoms with Gasteiger partial charge in [-0.15, -0.1) is 0 Å². The van der Waals surface area contributed by atoms with Crippen molar-refractivity contribution in [3.63, 3.8) is 0 Å². The molecule has 0 fully saturated rings. The fraction of sp³-hybridized carbons (Fsp3) is 0.294. The lowest BCUT2D eigenvalue weighted by Crippen LogP contribution is -2.37. The molecule has 1 nitrogen and oxygen atoms in total. The summed E-state index contributed by atoms with van der Waals surface area (Å²) in [5, 5.41) is 0. The quantitative estimate of drug-likeness (QED) is 0.771. The first-order valence-electron chi connectivity index (χ1n) is 6.67. The summed E-state index contributed by atoms with van der Waals surface area (Å²) in [6.07, 6.45) is 1.17. The minimum atomic E-state index is 0.625. The van der Waals surface area contributed by atoms with Crippen molar-refractivity contribution in [3.05, 3.63) is 71.3 Å².